The molecule has 1 unspecified atom stereocenters. The van der Waals surface area contributed by atoms with Crippen molar-refractivity contribution in [3.8, 4) is 5.69 Å². The van der Waals surface area contributed by atoms with Gasteiger partial charge in [-0.2, -0.15) is 5.10 Å². The molecule has 1 fully saturated rings. The molecule has 2 heterocycles. The number of esters is 1. The zero-order valence-corrected chi connectivity index (χ0v) is 17.4. The van der Waals surface area contributed by atoms with E-state index in [1.54, 1.807) is 12.1 Å². The second-order valence-corrected chi connectivity index (χ2v) is 8.62. The van der Waals surface area contributed by atoms with Crippen molar-refractivity contribution in [3.05, 3.63) is 60.3 Å². The highest BCUT2D eigenvalue weighted by Crippen LogP contribution is 2.20. The van der Waals surface area contributed by atoms with Crippen LogP contribution in [0.4, 0.5) is 0 Å². The highest BCUT2D eigenvalue weighted by molar-refractivity contribution is 5.94. The van der Waals surface area contributed by atoms with Crippen molar-refractivity contribution < 1.29 is 14.3 Å². The lowest BCUT2D eigenvalue weighted by atomic mass is 9.97. The predicted molar refractivity (Wildman–Crippen MR) is 114 cm³/mol. The number of carbonyl (C=O) groups is 2. The van der Waals surface area contributed by atoms with E-state index in [2.05, 4.69) is 15.7 Å². The van der Waals surface area contributed by atoms with E-state index >= 15 is 0 Å². The highest BCUT2D eigenvalue weighted by Gasteiger charge is 2.32. The van der Waals surface area contributed by atoms with Gasteiger partial charge in [0.25, 0.3) is 5.91 Å². The number of para-hydroxylation sites is 1. The fourth-order valence-electron chi connectivity index (χ4n) is 3.40. The molecule has 1 amide bonds. The molecular formula is C23H26N4O3. The van der Waals surface area contributed by atoms with Crippen LogP contribution in [0.5, 0.6) is 0 Å². The number of fused-ring (bicyclic) bond motifs is 1. The Labute approximate surface area is 175 Å². The maximum Gasteiger partial charge on any atom is 0.312 e. The molecule has 0 bridgehead atoms. The number of ether oxygens (including phenoxy) is 1. The highest BCUT2D eigenvalue weighted by atomic mass is 16.6. The zero-order valence-electron chi connectivity index (χ0n) is 17.4. The maximum atomic E-state index is 12.6. The summed E-state index contributed by atoms with van der Waals surface area (Å²) in [5, 5.41) is 11.7. The van der Waals surface area contributed by atoms with Gasteiger partial charge in [0.05, 0.1) is 22.8 Å². The second kappa shape index (κ2) is 7.91. The van der Waals surface area contributed by atoms with Gasteiger partial charge in [0, 0.05) is 30.0 Å². The summed E-state index contributed by atoms with van der Waals surface area (Å²) >= 11 is 0. The molecule has 1 saturated heterocycles. The van der Waals surface area contributed by atoms with E-state index in [9.17, 15) is 9.59 Å². The van der Waals surface area contributed by atoms with Crippen molar-refractivity contribution in [3.63, 3.8) is 0 Å². The first-order valence-electron chi connectivity index (χ1n) is 10.1. The molecule has 3 aromatic rings. The summed E-state index contributed by atoms with van der Waals surface area (Å²) in [5.41, 5.74) is 1.93. The molecule has 0 radical (unpaired) electrons. The molecule has 2 aromatic carbocycles. The fourth-order valence-corrected chi connectivity index (χ4v) is 3.40. The molecule has 0 aliphatic carbocycles. The quantitative estimate of drug-likeness (QED) is 0.651. The fraction of sp³-hybridized carbons (Fsp3) is 0.348. The Morgan fingerprint density at radius 1 is 1.13 bits per heavy atom. The normalized spacial score (nSPS) is 19.0. The van der Waals surface area contributed by atoms with Gasteiger partial charge >= 0.3 is 5.97 Å². The molecule has 7 nitrogen and oxygen atoms in total. The molecule has 0 saturated carbocycles. The van der Waals surface area contributed by atoms with Crippen LogP contribution in [-0.2, 0) is 9.53 Å². The number of hydrogen-bond donors (Lipinski definition) is 2. The van der Waals surface area contributed by atoms with Gasteiger partial charge in [-0.25, -0.2) is 4.68 Å². The smallest absolute Gasteiger partial charge is 0.312 e. The Bertz CT molecular complexity index is 1070. The Kier molecular flexibility index (Phi) is 5.30. The van der Waals surface area contributed by atoms with Gasteiger partial charge in [0.2, 0.25) is 0 Å². The summed E-state index contributed by atoms with van der Waals surface area (Å²) in [4.78, 5) is 24.7. The van der Waals surface area contributed by atoms with E-state index in [-0.39, 0.29) is 24.1 Å². The number of amides is 1. The lowest BCUT2D eigenvalue weighted by Gasteiger charge is -2.20. The Hall–Kier alpha value is -3.19. The Balaban J connectivity index is 1.37. The van der Waals surface area contributed by atoms with Crippen LogP contribution >= 0.6 is 0 Å². The third-order valence-corrected chi connectivity index (χ3v) is 5.14. The number of benzene rings is 2. The third kappa shape index (κ3) is 4.21. The van der Waals surface area contributed by atoms with Crippen LogP contribution in [0.3, 0.4) is 0 Å². The van der Waals surface area contributed by atoms with Gasteiger partial charge in [0.1, 0.15) is 0 Å². The Morgan fingerprint density at radius 2 is 1.87 bits per heavy atom. The topological polar surface area (TPSA) is 85.2 Å². The van der Waals surface area contributed by atoms with Crippen LogP contribution in [0.1, 0.15) is 37.6 Å². The molecule has 4 rings (SSSR count). The second-order valence-electron chi connectivity index (χ2n) is 8.62. The van der Waals surface area contributed by atoms with Gasteiger partial charge in [-0.15, -0.1) is 0 Å². The summed E-state index contributed by atoms with van der Waals surface area (Å²) in [6, 6.07) is 15.2. The van der Waals surface area contributed by atoms with E-state index in [4.69, 9.17) is 4.74 Å². The first-order valence-corrected chi connectivity index (χ1v) is 10.1. The number of nitrogens with zero attached hydrogens (tertiary/aromatic N) is 2. The van der Waals surface area contributed by atoms with E-state index in [0.717, 1.165) is 16.6 Å². The minimum Gasteiger partial charge on any atom is -0.446 e. The number of hydrogen-bond acceptors (Lipinski definition) is 5. The minimum absolute atomic E-state index is 0.0926. The van der Waals surface area contributed by atoms with E-state index in [1.165, 1.54) is 0 Å². The summed E-state index contributed by atoms with van der Waals surface area (Å²) in [6.07, 6.45) is 1.99. The maximum absolute atomic E-state index is 12.6. The van der Waals surface area contributed by atoms with Crippen LogP contribution < -0.4 is 10.6 Å². The largest absolute Gasteiger partial charge is 0.446 e. The summed E-state index contributed by atoms with van der Waals surface area (Å²) in [5.74, 6) is -0.407. The van der Waals surface area contributed by atoms with Crippen LogP contribution in [-0.4, -0.2) is 40.5 Å². The standard InChI is InChI=1S/C23H26N4O3/c1-23(2,3)22(29)30-20-12-17(14-24-20)26-21(28)15-8-10-18(11-9-15)27-19-7-5-4-6-16(19)13-25-27/h4-11,13,17,20,24H,12,14H2,1-3H3,(H,26,28)/t17-,20?/m1/s1. The van der Waals surface area contributed by atoms with Crippen molar-refractivity contribution in [2.24, 2.45) is 5.41 Å². The van der Waals surface area contributed by atoms with E-state index in [0.29, 0.717) is 18.5 Å². The van der Waals surface area contributed by atoms with Crippen LogP contribution in [0.15, 0.2) is 54.7 Å². The van der Waals surface area contributed by atoms with Gasteiger partial charge < -0.3 is 10.1 Å². The molecule has 0 spiro atoms. The summed E-state index contributed by atoms with van der Waals surface area (Å²) in [7, 11) is 0. The first-order chi connectivity index (χ1) is 14.3. The lowest BCUT2D eigenvalue weighted by molar-refractivity contribution is -0.159. The van der Waals surface area contributed by atoms with Crippen molar-refractivity contribution in [2.75, 3.05) is 6.54 Å². The van der Waals surface area contributed by atoms with E-state index < -0.39 is 5.41 Å². The summed E-state index contributed by atoms with van der Waals surface area (Å²) < 4.78 is 7.33. The van der Waals surface area contributed by atoms with Crippen molar-refractivity contribution in [1.29, 1.82) is 0 Å². The van der Waals surface area contributed by atoms with E-state index in [1.807, 2.05) is 68.0 Å². The number of nitrogens with one attached hydrogen (secondary N) is 2. The minimum atomic E-state index is -0.551. The zero-order chi connectivity index (χ0) is 21.3. The molecule has 30 heavy (non-hydrogen) atoms. The lowest BCUT2D eigenvalue weighted by Crippen LogP contribution is -2.36. The number of rotatable bonds is 4. The van der Waals surface area contributed by atoms with Crippen LogP contribution in [0, 0.1) is 5.41 Å². The SMILES string of the molecule is CC(C)(C)C(=O)OC1C[C@@H](NC(=O)c2ccc(-n3ncc4ccccc43)cc2)CN1. The molecule has 1 aromatic heterocycles. The molecule has 1 aliphatic rings. The van der Waals surface area contributed by atoms with Gasteiger partial charge in [0.15, 0.2) is 6.23 Å². The molecule has 7 heteroatoms. The van der Waals surface area contributed by atoms with Crippen LogP contribution in [0.25, 0.3) is 16.6 Å². The Morgan fingerprint density at radius 3 is 2.60 bits per heavy atom. The first kappa shape index (κ1) is 20.1. The average Bonchev–Trinajstić information content (AvgIpc) is 3.34. The number of aromatic nitrogens is 2. The van der Waals surface area contributed by atoms with Gasteiger partial charge in [-0.3, -0.25) is 14.9 Å². The summed E-state index contributed by atoms with van der Waals surface area (Å²) in [6.45, 7) is 6.02. The predicted octanol–water partition coefficient (Wildman–Crippen LogP) is 3.03. The monoisotopic (exact) mass is 406 g/mol. The molecular weight excluding hydrogens is 380 g/mol. The van der Waals surface area contributed by atoms with Crippen molar-refractivity contribution in [1.82, 2.24) is 20.4 Å². The van der Waals surface area contributed by atoms with Crippen molar-refractivity contribution in [2.45, 2.75) is 39.5 Å². The van der Waals surface area contributed by atoms with Crippen molar-refractivity contribution >= 4 is 22.8 Å². The molecule has 2 atom stereocenters. The number of carbonyl (C=O) groups excluding carboxylic acids is 2. The molecule has 2 N–H and O–H groups in total. The van der Waals surface area contributed by atoms with Gasteiger partial charge in [-0.05, 0) is 51.1 Å². The third-order valence-electron chi connectivity index (χ3n) is 5.14. The molecule has 156 valence electrons. The molecule has 1 aliphatic heterocycles. The van der Waals surface area contributed by atoms with Crippen LogP contribution in [0.2, 0.25) is 0 Å². The van der Waals surface area contributed by atoms with Gasteiger partial charge in [-0.1, -0.05) is 18.2 Å². The average molecular weight is 406 g/mol.